The van der Waals surface area contributed by atoms with Crippen LogP contribution in [0.4, 0.5) is 0 Å². The zero-order chi connectivity index (χ0) is 7.82. The van der Waals surface area contributed by atoms with Crippen LogP contribution in [0.25, 0.3) is 0 Å². The van der Waals surface area contributed by atoms with Gasteiger partial charge in [0.25, 0.3) is 0 Å². The Kier molecular flexibility index (Phi) is 6.84. The summed E-state index contributed by atoms with van der Waals surface area (Å²) in [5, 5.41) is 22.5. The number of aliphatic hydroxyl groups excluding tert-OH is 2. The van der Waals surface area contributed by atoms with Crippen molar-refractivity contribution in [3.05, 3.63) is 0 Å². The molecule has 0 amide bonds. The minimum Gasteiger partial charge on any atom is -0.381 e. The molecule has 0 rings (SSSR count). The summed E-state index contributed by atoms with van der Waals surface area (Å²) in [6.07, 6.45) is 0.938. The van der Waals surface area contributed by atoms with Gasteiger partial charge in [-0.2, -0.15) is 0 Å². The Morgan fingerprint density at radius 1 is 1.30 bits per heavy atom. The number of rotatable bonds is 6. The van der Waals surface area contributed by atoms with E-state index in [4.69, 9.17) is 10.2 Å². The summed E-state index contributed by atoms with van der Waals surface area (Å²) in [5.41, 5.74) is 0. The lowest BCUT2D eigenvalue weighted by Gasteiger charge is -2.14. The van der Waals surface area contributed by atoms with Gasteiger partial charge in [-0.05, 0) is 6.42 Å². The average Bonchev–Trinajstić information content (AvgIpc) is 1.98. The van der Waals surface area contributed by atoms with E-state index < -0.39 is 0 Å². The van der Waals surface area contributed by atoms with Crippen molar-refractivity contribution in [2.45, 2.75) is 19.4 Å². The van der Waals surface area contributed by atoms with Gasteiger partial charge in [-0.25, -0.2) is 0 Å². The summed E-state index contributed by atoms with van der Waals surface area (Å²) in [5.74, 6) is 0. The van der Waals surface area contributed by atoms with Gasteiger partial charge in [0, 0.05) is 12.6 Å². The average molecular weight is 148 g/mol. The molecule has 4 N–H and O–H groups in total. The van der Waals surface area contributed by atoms with Crippen LogP contribution in [0.15, 0.2) is 0 Å². The highest BCUT2D eigenvalue weighted by molar-refractivity contribution is 4.63. The maximum Gasteiger partial charge on any atom is 0.0934 e. The molecule has 10 heavy (non-hydrogen) atoms. The molecule has 0 heterocycles. The lowest BCUT2D eigenvalue weighted by Crippen LogP contribution is -2.38. The molecule has 0 aliphatic rings. The van der Waals surface area contributed by atoms with Crippen molar-refractivity contribution in [3.63, 3.8) is 0 Å². The van der Waals surface area contributed by atoms with E-state index in [1.807, 2.05) is 6.92 Å². The number of nitrogens with one attached hydrogen (secondary N) is 2. The first-order valence-corrected chi connectivity index (χ1v) is 3.51. The fraction of sp³-hybridized carbons (Fsp3) is 1.00. The summed E-state index contributed by atoms with van der Waals surface area (Å²) >= 11 is 0. The molecule has 4 heteroatoms. The summed E-state index contributed by atoms with van der Waals surface area (Å²) in [6.45, 7) is 2.69. The fourth-order valence-electron chi connectivity index (χ4n) is 0.729. The quantitative estimate of drug-likeness (QED) is 0.359. The second kappa shape index (κ2) is 6.95. The molecule has 1 atom stereocenters. The van der Waals surface area contributed by atoms with Gasteiger partial charge in [0.1, 0.15) is 0 Å². The summed E-state index contributed by atoms with van der Waals surface area (Å²) in [6, 6.07) is 0.247. The zero-order valence-electron chi connectivity index (χ0n) is 6.30. The van der Waals surface area contributed by atoms with E-state index in [9.17, 15) is 0 Å². The van der Waals surface area contributed by atoms with Crippen LogP contribution >= 0.6 is 0 Å². The van der Waals surface area contributed by atoms with E-state index in [2.05, 4.69) is 10.6 Å². The van der Waals surface area contributed by atoms with Gasteiger partial charge in [0.2, 0.25) is 0 Å². The topological polar surface area (TPSA) is 64.5 Å². The van der Waals surface area contributed by atoms with Gasteiger partial charge in [-0.1, -0.05) is 6.92 Å². The summed E-state index contributed by atoms with van der Waals surface area (Å²) < 4.78 is 0. The molecule has 0 fully saturated rings. The van der Waals surface area contributed by atoms with Gasteiger partial charge in [-0.3, -0.25) is 10.6 Å². The Hall–Kier alpha value is -0.160. The van der Waals surface area contributed by atoms with Crippen LogP contribution in [0.5, 0.6) is 0 Å². The number of aliphatic hydroxyl groups is 2. The molecule has 0 radical (unpaired) electrons. The monoisotopic (exact) mass is 148 g/mol. The van der Waals surface area contributed by atoms with E-state index >= 15 is 0 Å². The molecule has 0 aromatic heterocycles. The maximum atomic E-state index is 8.47. The highest BCUT2D eigenvalue weighted by Crippen LogP contribution is 1.86. The third kappa shape index (κ3) is 4.69. The minimum atomic E-state index is -0.0103. The summed E-state index contributed by atoms with van der Waals surface area (Å²) in [7, 11) is 0. The first-order chi connectivity index (χ1) is 4.85. The molecule has 0 saturated heterocycles. The molecule has 62 valence electrons. The third-order valence-corrected chi connectivity index (χ3v) is 1.38. The fourth-order valence-corrected chi connectivity index (χ4v) is 0.729. The van der Waals surface area contributed by atoms with Crippen LogP contribution in [0.2, 0.25) is 0 Å². The molecular weight excluding hydrogens is 132 g/mol. The van der Waals surface area contributed by atoms with E-state index in [0.29, 0.717) is 6.54 Å². The molecule has 0 aliphatic carbocycles. The van der Waals surface area contributed by atoms with Gasteiger partial charge in [-0.15, -0.1) is 0 Å². The molecule has 0 aromatic rings. The highest BCUT2D eigenvalue weighted by Gasteiger charge is 2.01. The van der Waals surface area contributed by atoms with Crippen molar-refractivity contribution < 1.29 is 10.2 Å². The molecule has 0 aromatic carbocycles. The Labute approximate surface area is 61.3 Å². The third-order valence-electron chi connectivity index (χ3n) is 1.38. The Balaban J connectivity index is 3.21. The van der Waals surface area contributed by atoms with Crippen molar-refractivity contribution in [1.82, 2.24) is 10.6 Å². The molecule has 1 unspecified atom stereocenters. The minimum absolute atomic E-state index is 0.00832. The lowest BCUT2D eigenvalue weighted by molar-refractivity contribution is 0.219. The molecular formula is C6H16N2O2. The predicted octanol–water partition coefficient (Wildman–Crippen LogP) is -1.16. The Morgan fingerprint density at radius 2 is 2.00 bits per heavy atom. The van der Waals surface area contributed by atoms with Crippen molar-refractivity contribution in [2.75, 3.05) is 20.0 Å². The second-order valence-electron chi connectivity index (χ2n) is 2.08. The van der Waals surface area contributed by atoms with Gasteiger partial charge >= 0.3 is 0 Å². The second-order valence-corrected chi connectivity index (χ2v) is 2.08. The number of hydrogen-bond donors (Lipinski definition) is 4. The standard InChI is InChI=1S/C6H16N2O2/c1-2-6(8-5-10)3-7-4-9/h6-10H,2-5H2,1H3. The largest absolute Gasteiger partial charge is 0.381 e. The normalized spacial score (nSPS) is 13.5. The predicted molar refractivity (Wildman–Crippen MR) is 39.4 cm³/mol. The first-order valence-electron chi connectivity index (χ1n) is 3.51. The molecule has 0 spiro atoms. The van der Waals surface area contributed by atoms with Crippen molar-refractivity contribution in [2.24, 2.45) is 0 Å². The van der Waals surface area contributed by atoms with E-state index in [1.165, 1.54) is 0 Å². The smallest absolute Gasteiger partial charge is 0.0934 e. The van der Waals surface area contributed by atoms with Crippen LogP contribution in [-0.4, -0.2) is 36.3 Å². The van der Waals surface area contributed by atoms with Crippen LogP contribution < -0.4 is 10.6 Å². The van der Waals surface area contributed by atoms with Crippen LogP contribution in [0.1, 0.15) is 13.3 Å². The molecule has 0 saturated carbocycles. The maximum absolute atomic E-state index is 8.47. The van der Waals surface area contributed by atoms with Crippen LogP contribution in [0, 0.1) is 0 Å². The molecule has 0 aliphatic heterocycles. The SMILES string of the molecule is CCC(CNCO)NCO. The Bertz CT molecular complexity index is 70.8. The van der Waals surface area contributed by atoms with Gasteiger partial charge in [0.15, 0.2) is 0 Å². The molecule has 4 nitrogen and oxygen atoms in total. The summed E-state index contributed by atoms with van der Waals surface area (Å²) in [4.78, 5) is 0. The van der Waals surface area contributed by atoms with Crippen molar-refractivity contribution in [3.8, 4) is 0 Å². The number of hydrogen-bond acceptors (Lipinski definition) is 4. The van der Waals surface area contributed by atoms with Crippen molar-refractivity contribution in [1.29, 1.82) is 0 Å². The van der Waals surface area contributed by atoms with Crippen LogP contribution in [-0.2, 0) is 0 Å². The van der Waals surface area contributed by atoms with E-state index in [0.717, 1.165) is 6.42 Å². The molecule has 0 bridgehead atoms. The van der Waals surface area contributed by atoms with E-state index in [-0.39, 0.29) is 19.5 Å². The first kappa shape index (κ1) is 9.84. The van der Waals surface area contributed by atoms with Gasteiger partial charge in [0.05, 0.1) is 13.5 Å². The van der Waals surface area contributed by atoms with Gasteiger partial charge < -0.3 is 10.2 Å². The van der Waals surface area contributed by atoms with Crippen LogP contribution in [0.3, 0.4) is 0 Å². The Morgan fingerprint density at radius 3 is 2.40 bits per heavy atom. The zero-order valence-corrected chi connectivity index (χ0v) is 6.30. The highest BCUT2D eigenvalue weighted by atomic mass is 16.3. The van der Waals surface area contributed by atoms with E-state index in [1.54, 1.807) is 0 Å². The lowest BCUT2D eigenvalue weighted by atomic mass is 10.2. The van der Waals surface area contributed by atoms with Crippen molar-refractivity contribution >= 4 is 0 Å².